The van der Waals surface area contributed by atoms with E-state index >= 15 is 0 Å². The maximum Gasteiger partial charge on any atom is -0.00205 e. The minimum absolute atomic E-state index is 0.971. The van der Waals surface area contributed by atoms with Gasteiger partial charge in [-0.3, -0.25) is 0 Å². The van der Waals surface area contributed by atoms with E-state index in [1.807, 2.05) is 0 Å². The van der Waals surface area contributed by atoms with Gasteiger partial charge in [0.05, 0.1) is 0 Å². The predicted molar refractivity (Wildman–Crippen MR) is 49.7 cm³/mol. The second kappa shape index (κ2) is 4.76. The molecular formula is C10H21N. The van der Waals surface area contributed by atoms with Crippen molar-refractivity contribution in [2.75, 3.05) is 13.1 Å². The van der Waals surface area contributed by atoms with Crippen molar-refractivity contribution in [2.24, 2.45) is 11.8 Å². The molecule has 0 aromatic carbocycles. The average molecular weight is 155 g/mol. The third-order valence-corrected chi connectivity index (χ3v) is 2.73. The molecule has 1 fully saturated rings. The van der Waals surface area contributed by atoms with Gasteiger partial charge in [-0.1, -0.05) is 26.7 Å². The largest absolute Gasteiger partial charge is 0.317 e. The van der Waals surface area contributed by atoms with Gasteiger partial charge in [-0.2, -0.15) is 0 Å². The SMILES string of the molecule is CCNCC1CCCC(C)C1. The highest BCUT2D eigenvalue weighted by Crippen LogP contribution is 2.27. The number of hydrogen-bond acceptors (Lipinski definition) is 1. The maximum atomic E-state index is 3.44. The van der Waals surface area contributed by atoms with Crippen LogP contribution in [0.4, 0.5) is 0 Å². The third kappa shape index (κ3) is 3.24. The minimum atomic E-state index is 0.971. The lowest BCUT2D eigenvalue weighted by Gasteiger charge is -2.26. The van der Waals surface area contributed by atoms with Gasteiger partial charge in [-0.15, -0.1) is 0 Å². The molecular weight excluding hydrogens is 134 g/mol. The molecule has 1 N–H and O–H groups in total. The van der Waals surface area contributed by atoms with Crippen molar-refractivity contribution < 1.29 is 0 Å². The summed E-state index contributed by atoms with van der Waals surface area (Å²) >= 11 is 0. The monoisotopic (exact) mass is 155 g/mol. The highest BCUT2D eigenvalue weighted by Gasteiger charge is 2.17. The summed E-state index contributed by atoms with van der Waals surface area (Å²) in [5.41, 5.74) is 0. The van der Waals surface area contributed by atoms with Crippen LogP contribution in [0.25, 0.3) is 0 Å². The first kappa shape index (κ1) is 9.05. The predicted octanol–water partition coefficient (Wildman–Crippen LogP) is 2.42. The molecule has 1 aliphatic carbocycles. The van der Waals surface area contributed by atoms with Crippen LogP contribution in [0, 0.1) is 11.8 Å². The first-order valence-corrected chi connectivity index (χ1v) is 5.03. The van der Waals surface area contributed by atoms with E-state index in [1.165, 1.54) is 32.2 Å². The molecule has 1 heteroatoms. The molecule has 1 aliphatic rings. The van der Waals surface area contributed by atoms with Gasteiger partial charge in [0.2, 0.25) is 0 Å². The first-order valence-electron chi connectivity index (χ1n) is 5.03. The van der Waals surface area contributed by atoms with Crippen LogP contribution in [0.2, 0.25) is 0 Å². The summed E-state index contributed by atoms with van der Waals surface area (Å²) in [6.45, 7) is 6.95. The Balaban J connectivity index is 2.12. The normalized spacial score (nSPS) is 32.2. The fourth-order valence-electron chi connectivity index (χ4n) is 2.09. The average Bonchev–Trinajstić information content (AvgIpc) is 2.01. The van der Waals surface area contributed by atoms with Crippen LogP contribution in [-0.4, -0.2) is 13.1 Å². The van der Waals surface area contributed by atoms with Crippen LogP contribution < -0.4 is 5.32 Å². The molecule has 0 aliphatic heterocycles. The van der Waals surface area contributed by atoms with E-state index in [1.54, 1.807) is 0 Å². The fraction of sp³-hybridized carbons (Fsp3) is 1.00. The van der Waals surface area contributed by atoms with Crippen LogP contribution in [0.5, 0.6) is 0 Å². The number of nitrogens with one attached hydrogen (secondary N) is 1. The van der Waals surface area contributed by atoms with Gasteiger partial charge in [0.1, 0.15) is 0 Å². The summed E-state index contributed by atoms with van der Waals surface area (Å²) in [6.07, 6.45) is 5.82. The van der Waals surface area contributed by atoms with E-state index in [9.17, 15) is 0 Å². The Kier molecular flexibility index (Phi) is 3.92. The van der Waals surface area contributed by atoms with E-state index < -0.39 is 0 Å². The smallest absolute Gasteiger partial charge is 0.00205 e. The Bertz CT molecular complexity index is 101. The molecule has 0 aromatic rings. The summed E-state index contributed by atoms with van der Waals surface area (Å²) in [5.74, 6) is 1.95. The first-order chi connectivity index (χ1) is 5.33. The second-order valence-corrected chi connectivity index (χ2v) is 3.95. The Labute approximate surface area is 70.6 Å². The van der Waals surface area contributed by atoms with Gasteiger partial charge in [0, 0.05) is 0 Å². The summed E-state index contributed by atoms with van der Waals surface area (Å²) in [7, 11) is 0. The zero-order valence-electron chi connectivity index (χ0n) is 7.90. The van der Waals surface area contributed by atoms with Crippen molar-refractivity contribution in [1.29, 1.82) is 0 Å². The van der Waals surface area contributed by atoms with Crippen molar-refractivity contribution in [3.63, 3.8) is 0 Å². The highest BCUT2D eigenvalue weighted by atomic mass is 14.8. The Morgan fingerprint density at radius 3 is 2.82 bits per heavy atom. The van der Waals surface area contributed by atoms with E-state index in [0.29, 0.717) is 0 Å². The van der Waals surface area contributed by atoms with Crippen LogP contribution >= 0.6 is 0 Å². The fourth-order valence-corrected chi connectivity index (χ4v) is 2.09. The summed E-state index contributed by atoms with van der Waals surface area (Å²) in [5, 5.41) is 3.44. The number of rotatable bonds is 3. The van der Waals surface area contributed by atoms with Crippen molar-refractivity contribution in [3.8, 4) is 0 Å². The zero-order valence-corrected chi connectivity index (χ0v) is 7.90. The van der Waals surface area contributed by atoms with Crippen molar-refractivity contribution in [3.05, 3.63) is 0 Å². The zero-order chi connectivity index (χ0) is 8.10. The van der Waals surface area contributed by atoms with Crippen LogP contribution in [0.1, 0.15) is 39.5 Å². The molecule has 0 radical (unpaired) electrons. The van der Waals surface area contributed by atoms with Gasteiger partial charge in [0.25, 0.3) is 0 Å². The van der Waals surface area contributed by atoms with E-state index in [0.717, 1.165) is 18.4 Å². The quantitative estimate of drug-likeness (QED) is 0.660. The number of hydrogen-bond donors (Lipinski definition) is 1. The molecule has 66 valence electrons. The summed E-state index contributed by atoms with van der Waals surface area (Å²) in [4.78, 5) is 0. The summed E-state index contributed by atoms with van der Waals surface area (Å²) < 4.78 is 0. The molecule has 1 saturated carbocycles. The van der Waals surface area contributed by atoms with Crippen molar-refractivity contribution in [2.45, 2.75) is 39.5 Å². The third-order valence-electron chi connectivity index (χ3n) is 2.73. The lowest BCUT2D eigenvalue weighted by Crippen LogP contribution is -2.26. The van der Waals surface area contributed by atoms with E-state index in [2.05, 4.69) is 19.2 Å². The molecule has 1 rings (SSSR count). The van der Waals surface area contributed by atoms with E-state index in [4.69, 9.17) is 0 Å². The van der Waals surface area contributed by atoms with Crippen molar-refractivity contribution in [1.82, 2.24) is 5.32 Å². The van der Waals surface area contributed by atoms with Gasteiger partial charge >= 0.3 is 0 Å². The maximum absolute atomic E-state index is 3.44. The summed E-state index contributed by atoms with van der Waals surface area (Å²) in [6, 6.07) is 0. The molecule has 2 atom stereocenters. The molecule has 0 aromatic heterocycles. The minimum Gasteiger partial charge on any atom is -0.317 e. The molecule has 0 spiro atoms. The standard InChI is InChI=1S/C10H21N/c1-3-11-8-10-6-4-5-9(2)7-10/h9-11H,3-8H2,1-2H3. The van der Waals surface area contributed by atoms with Crippen LogP contribution in [-0.2, 0) is 0 Å². The molecule has 0 bridgehead atoms. The Morgan fingerprint density at radius 1 is 1.36 bits per heavy atom. The molecule has 0 heterocycles. The Hall–Kier alpha value is -0.0400. The molecule has 0 amide bonds. The van der Waals surface area contributed by atoms with Gasteiger partial charge in [-0.05, 0) is 37.8 Å². The molecule has 2 unspecified atom stereocenters. The lowest BCUT2D eigenvalue weighted by molar-refractivity contribution is 0.276. The van der Waals surface area contributed by atoms with Gasteiger partial charge in [0.15, 0.2) is 0 Å². The molecule has 1 nitrogen and oxygen atoms in total. The lowest BCUT2D eigenvalue weighted by atomic mass is 9.82. The Morgan fingerprint density at radius 2 is 2.18 bits per heavy atom. The van der Waals surface area contributed by atoms with Crippen molar-refractivity contribution >= 4 is 0 Å². The van der Waals surface area contributed by atoms with Gasteiger partial charge < -0.3 is 5.32 Å². The molecule has 11 heavy (non-hydrogen) atoms. The second-order valence-electron chi connectivity index (χ2n) is 3.95. The highest BCUT2D eigenvalue weighted by molar-refractivity contribution is 4.71. The van der Waals surface area contributed by atoms with Gasteiger partial charge in [-0.25, -0.2) is 0 Å². The van der Waals surface area contributed by atoms with Crippen LogP contribution in [0.15, 0.2) is 0 Å². The van der Waals surface area contributed by atoms with E-state index in [-0.39, 0.29) is 0 Å². The molecule has 0 saturated heterocycles. The van der Waals surface area contributed by atoms with Crippen LogP contribution in [0.3, 0.4) is 0 Å². The topological polar surface area (TPSA) is 12.0 Å².